The summed E-state index contributed by atoms with van der Waals surface area (Å²) in [5, 5.41) is 0. The molecule has 384 valence electrons. The molecule has 0 N–H and O–H groups in total. The van der Waals surface area contributed by atoms with Gasteiger partial charge in [-0.2, -0.15) is 0 Å². The van der Waals surface area contributed by atoms with Crippen LogP contribution in [0, 0.1) is 0 Å². The van der Waals surface area contributed by atoms with Crippen molar-refractivity contribution in [3.8, 4) is 0 Å². The van der Waals surface area contributed by atoms with Gasteiger partial charge in [0.2, 0.25) is 5.91 Å². The Morgan fingerprint density at radius 1 is 0.385 bits per heavy atom. The van der Waals surface area contributed by atoms with Gasteiger partial charge in [-0.15, -0.1) is 0 Å². The third-order valence-electron chi connectivity index (χ3n) is 13.4. The molecule has 0 rings (SSSR count). The third kappa shape index (κ3) is 42.0. The van der Waals surface area contributed by atoms with E-state index < -0.39 is 0 Å². The molecule has 1 unspecified atom stereocenters. The first kappa shape index (κ1) is 63.1. The second-order valence-electron chi connectivity index (χ2n) is 20.1. The SMILES string of the molecule is CCCCCCCC(=O)N(CCCN(C)C)C(CC/C=C/CCCCC(=O)OC(CCCCCC)CCCCCC)CCCCCCCCC(=O)OC(CCCCCC)CCCCCC. The van der Waals surface area contributed by atoms with Crippen molar-refractivity contribution in [2.24, 2.45) is 0 Å². The van der Waals surface area contributed by atoms with Gasteiger partial charge in [0.1, 0.15) is 12.2 Å². The summed E-state index contributed by atoms with van der Waals surface area (Å²) in [6, 6.07) is 0.267. The van der Waals surface area contributed by atoms with Gasteiger partial charge < -0.3 is 19.3 Å². The number of allylic oxidation sites excluding steroid dienone is 2. The van der Waals surface area contributed by atoms with Crippen LogP contribution in [0.1, 0.15) is 298 Å². The standard InChI is InChI=1S/C58H112N2O5/c1-8-13-18-27-38-48-56(61)60(52-41-51-59(6)7)53(42-32-28-23-25-30-39-49-57(62)64-54(44-34-19-14-9-2)45-35-20-15-10-3)43-33-29-24-26-31-40-50-58(63)65-55(46-36-21-16-11-4)47-37-22-17-12-5/h23,28,53-55H,8-22,24-27,29-52H2,1-7H3/b28-23+. The smallest absolute Gasteiger partial charge is 0.306 e. The molecule has 0 saturated heterocycles. The highest BCUT2D eigenvalue weighted by atomic mass is 16.5. The largest absolute Gasteiger partial charge is 0.462 e. The zero-order chi connectivity index (χ0) is 47.9. The van der Waals surface area contributed by atoms with Gasteiger partial charge in [0.15, 0.2) is 0 Å². The molecule has 65 heavy (non-hydrogen) atoms. The zero-order valence-electron chi connectivity index (χ0n) is 44.7. The molecule has 7 nitrogen and oxygen atoms in total. The molecule has 0 aromatic heterocycles. The Morgan fingerprint density at radius 3 is 1.22 bits per heavy atom. The summed E-state index contributed by atoms with van der Waals surface area (Å²) in [5.41, 5.74) is 0. The highest BCUT2D eigenvalue weighted by Gasteiger charge is 2.23. The topological polar surface area (TPSA) is 76.2 Å². The minimum Gasteiger partial charge on any atom is -0.462 e. The van der Waals surface area contributed by atoms with E-state index in [4.69, 9.17) is 9.47 Å². The maximum atomic E-state index is 13.9. The first-order chi connectivity index (χ1) is 31.7. The first-order valence-electron chi connectivity index (χ1n) is 28.7. The van der Waals surface area contributed by atoms with E-state index in [0.717, 1.165) is 148 Å². The third-order valence-corrected chi connectivity index (χ3v) is 13.4. The summed E-state index contributed by atoms with van der Waals surface area (Å²) in [5.74, 6) is 0.343. The molecule has 0 aliphatic rings. The van der Waals surface area contributed by atoms with Crippen molar-refractivity contribution in [1.82, 2.24) is 9.80 Å². The van der Waals surface area contributed by atoms with Crippen molar-refractivity contribution in [2.45, 2.75) is 316 Å². The van der Waals surface area contributed by atoms with Gasteiger partial charge in [-0.3, -0.25) is 14.4 Å². The number of hydrogen-bond acceptors (Lipinski definition) is 6. The molecule has 0 aliphatic carbocycles. The summed E-state index contributed by atoms with van der Waals surface area (Å²) in [6.45, 7) is 13.0. The van der Waals surface area contributed by atoms with Gasteiger partial charge in [0, 0.05) is 31.8 Å². The van der Waals surface area contributed by atoms with Gasteiger partial charge in [-0.1, -0.05) is 182 Å². The second-order valence-corrected chi connectivity index (χ2v) is 20.1. The molecular formula is C58H112N2O5. The molecule has 1 amide bonds. The summed E-state index contributed by atoms with van der Waals surface area (Å²) < 4.78 is 12.0. The zero-order valence-corrected chi connectivity index (χ0v) is 44.7. The van der Waals surface area contributed by atoms with Crippen molar-refractivity contribution in [2.75, 3.05) is 27.2 Å². The van der Waals surface area contributed by atoms with E-state index in [-0.39, 0.29) is 30.2 Å². The van der Waals surface area contributed by atoms with Crippen LogP contribution in [-0.2, 0) is 23.9 Å². The van der Waals surface area contributed by atoms with Crippen molar-refractivity contribution < 1.29 is 23.9 Å². The molecular weight excluding hydrogens is 805 g/mol. The van der Waals surface area contributed by atoms with Crippen molar-refractivity contribution in [1.29, 1.82) is 0 Å². The number of unbranched alkanes of at least 4 members (excludes halogenated alkanes) is 23. The number of esters is 2. The minimum atomic E-state index is -0.0119. The molecule has 7 heteroatoms. The number of ether oxygens (including phenoxy) is 2. The minimum absolute atomic E-state index is 0.00672. The molecule has 0 heterocycles. The van der Waals surface area contributed by atoms with Gasteiger partial charge in [-0.05, 0) is 130 Å². The lowest BCUT2D eigenvalue weighted by molar-refractivity contribution is -0.151. The number of nitrogens with zero attached hydrogens (tertiary/aromatic N) is 2. The lowest BCUT2D eigenvalue weighted by Gasteiger charge is -2.33. The highest BCUT2D eigenvalue weighted by molar-refractivity contribution is 5.76. The number of rotatable bonds is 50. The summed E-state index contributed by atoms with van der Waals surface area (Å²) >= 11 is 0. The van der Waals surface area contributed by atoms with Crippen molar-refractivity contribution >= 4 is 17.8 Å². The number of carbonyl (C=O) groups excluding carboxylic acids is 3. The lowest BCUT2D eigenvalue weighted by atomic mass is 9.99. The Labute approximate surface area is 405 Å². The lowest BCUT2D eigenvalue weighted by Crippen LogP contribution is -2.41. The molecule has 0 fully saturated rings. The van der Waals surface area contributed by atoms with Crippen LogP contribution >= 0.6 is 0 Å². The predicted molar refractivity (Wildman–Crippen MR) is 281 cm³/mol. The Balaban J connectivity index is 5.13. The second kappa shape index (κ2) is 48.6. The van der Waals surface area contributed by atoms with E-state index in [1.807, 2.05) is 0 Å². The molecule has 0 spiro atoms. The van der Waals surface area contributed by atoms with Crippen LogP contribution in [0.2, 0.25) is 0 Å². The highest BCUT2D eigenvalue weighted by Crippen LogP contribution is 2.22. The average Bonchev–Trinajstić information content (AvgIpc) is 3.28. The van der Waals surface area contributed by atoms with Crippen molar-refractivity contribution in [3.05, 3.63) is 12.2 Å². The number of hydrogen-bond donors (Lipinski definition) is 0. The summed E-state index contributed by atoms with van der Waals surface area (Å²) in [6.07, 6.45) is 49.5. The molecule has 0 aliphatic heterocycles. The Morgan fingerprint density at radius 2 is 0.754 bits per heavy atom. The van der Waals surface area contributed by atoms with Crippen LogP contribution in [0.15, 0.2) is 12.2 Å². The first-order valence-corrected chi connectivity index (χ1v) is 28.7. The van der Waals surface area contributed by atoms with Crippen LogP contribution in [0.5, 0.6) is 0 Å². The normalized spacial score (nSPS) is 12.3. The van der Waals surface area contributed by atoms with E-state index >= 15 is 0 Å². The maximum Gasteiger partial charge on any atom is 0.306 e. The van der Waals surface area contributed by atoms with Crippen molar-refractivity contribution in [3.63, 3.8) is 0 Å². The maximum absolute atomic E-state index is 13.9. The number of carbonyl (C=O) groups is 3. The molecule has 0 aromatic rings. The predicted octanol–water partition coefficient (Wildman–Crippen LogP) is 17.2. The van der Waals surface area contributed by atoms with Crippen LogP contribution < -0.4 is 0 Å². The van der Waals surface area contributed by atoms with Crippen LogP contribution in [0.4, 0.5) is 0 Å². The van der Waals surface area contributed by atoms with Crippen LogP contribution in [0.3, 0.4) is 0 Å². The van der Waals surface area contributed by atoms with E-state index in [2.05, 4.69) is 70.7 Å². The fourth-order valence-corrected chi connectivity index (χ4v) is 9.17. The Bertz CT molecular complexity index is 1050. The molecule has 0 aromatic carbocycles. The average molecular weight is 918 g/mol. The molecule has 0 bridgehead atoms. The van der Waals surface area contributed by atoms with Crippen LogP contribution in [-0.4, -0.2) is 73.1 Å². The fourth-order valence-electron chi connectivity index (χ4n) is 9.17. The van der Waals surface area contributed by atoms with E-state index in [1.54, 1.807) is 0 Å². The number of amides is 1. The van der Waals surface area contributed by atoms with Gasteiger partial charge >= 0.3 is 11.9 Å². The Kier molecular flexibility index (Phi) is 47.2. The monoisotopic (exact) mass is 917 g/mol. The van der Waals surface area contributed by atoms with E-state index in [1.165, 1.54) is 109 Å². The van der Waals surface area contributed by atoms with E-state index in [9.17, 15) is 14.4 Å². The molecule has 0 radical (unpaired) electrons. The van der Waals surface area contributed by atoms with Gasteiger partial charge in [0.25, 0.3) is 0 Å². The van der Waals surface area contributed by atoms with Gasteiger partial charge in [0.05, 0.1) is 0 Å². The van der Waals surface area contributed by atoms with Crippen LogP contribution in [0.25, 0.3) is 0 Å². The van der Waals surface area contributed by atoms with E-state index in [0.29, 0.717) is 25.2 Å². The fraction of sp³-hybridized carbons (Fsp3) is 0.914. The molecule has 0 saturated carbocycles. The Hall–Kier alpha value is -1.89. The molecule has 1 atom stereocenters. The van der Waals surface area contributed by atoms with Gasteiger partial charge in [-0.25, -0.2) is 0 Å². The summed E-state index contributed by atoms with van der Waals surface area (Å²) in [7, 11) is 4.25. The quantitative estimate of drug-likeness (QED) is 0.0344. The summed E-state index contributed by atoms with van der Waals surface area (Å²) in [4.78, 5) is 44.0.